The van der Waals surface area contributed by atoms with Crippen LogP contribution < -0.4 is 4.74 Å². The summed E-state index contributed by atoms with van der Waals surface area (Å²) in [6, 6.07) is 18.6. The van der Waals surface area contributed by atoms with Gasteiger partial charge in [-0.1, -0.05) is 36.4 Å². The number of nitrogens with zero attached hydrogens (tertiary/aromatic N) is 1. The highest BCUT2D eigenvalue weighted by atomic mass is 16.5. The van der Waals surface area contributed by atoms with Crippen molar-refractivity contribution in [2.45, 2.75) is 13.0 Å². The Balaban J connectivity index is 1.87. The Bertz CT molecular complexity index is 763. The van der Waals surface area contributed by atoms with Crippen LogP contribution in [0.2, 0.25) is 0 Å². The van der Waals surface area contributed by atoms with E-state index in [4.69, 9.17) is 4.74 Å². The van der Waals surface area contributed by atoms with Crippen LogP contribution >= 0.6 is 0 Å². The Morgan fingerprint density at radius 1 is 1.00 bits per heavy atom. The first-order chi connectivity index (χ1) is 10.3. The van der Waals surface area contributed by atoms with Gasteiger partial charge in [0.2, 0.25) is 5.78 Å². The van der Waals surface area contributed by atoms with Gasteiger partial charge in [0.25, 0.3) is 0 Å². The molecular weight excluding hydrogens is 262 g/mol. The second-order valence-corrected chi connectivity index (χ2v) is 4.82. The van der Waals surface area contributed by atoms with Gasteiger partial charge in [0.05, 0.1) is 5.52 Å². The van der Waals surface area contributed by atoms with Gasteiger partial charge in [-0.3, -0.25) is 9.78 Å². The average molecular weight is 277 g/mol. The molecule has 1 heterocycles. The van der Waals surface area contributed by atoms with Crippen LogP contribution in [-0.2, 0) is 0 Å². The van der Waals surface area contributed by atoms with Crippen LogP contribution in [0.3, 0.4) is 0 Å². The summed E-state index contributed by atoms with van der Waals surface area (Å²) in [5, 5.41) is 0.910. The number of hydrogen-bond acceptors (Lipinski definition) is 3. The van der Waals surface area contributed by atoms with E-state index in [1.165, 1.54) is 0 Å². The summed E-state index contributed by atoms with van der Waals surface area (Å²) in [5.74, 6) is 0.647. The molecule has 1 atom stereocenters. The van der Waals surface area contributed by atoms with Gasteiger partial charge in [0.1, 0.15) is 5.75 Å². The third-order valence-corrected chi connectivity index (χ3v) is 3.34. The zero-order chi connectivity index (χ0) is 14.7. The van der Waals surface area contributed by atoms with Gasteiger partial charge >= 0.3 is 0 Å². The topological polar surface area (TPSA) is 39.2 Å². The lowest BCUT2D eigenvalue weighted by atomic mass is 10.1. The lowest BCUT2D eigenvalue weighted by Gasteiger charge is -2.15. The van der Waals surface area contributed by atoms with E-state index in [-0.39, 0.29) is 5.78 Å². The van der Waals surface area contributed by atoms with Crippen molar-refractivity contribution in [3.8, 4) is 5.75 Å². The second kappa shape index (κ2) is 5.75. The van der Waals surface area contributed by atoms with E-state index in [1.807, 2.05) is 48.5 Å². The third kappa shape index (κ3) is 2.77. The number of aromatic nitrogens is 1. The van der Waals surface area contributed by atoms with Crippen LogP contribution in [0.4, 0.5) is 0 Å². The molecule has 0 aliphatic carbocycles. The van der Waals surface area contributed by atoms with Crippen LogP contribution in [0.25, 0.3) is 10.9 Å². The fourth-order valence-corrected chi connectivity index (χ4v) is 2.26. The van der Waals surface area contributed by atoms with Crippen molar-refractivity contribution in [1.29, 1.82) is 0 Å². The lowest BCUT2D eigenvalue weighted by molar-refractivity contribution is 0.0820. The number of carbonyl (C=O) groups is 1. The monoisotopic (exact) mass is 277 g/mol. The van der Waals surface area contributed by atoms with Crippen LogP contribution in [-0.4, -0.2) is 16.9 Å². The fourth-order valence-electron chi connectivity index (χ4n) is 2.26. The molecule has 1 aromatic heterocycles. The lowest BCUT2D eigenvalue weighted by Crippen LogP contribution is -2.23. The van der Waals surface area contributed by atoms with E-state index in [0.29, 0.717) is 11.3 Å². The molecule has 3 nitrogen and oxygen atoms in total. The maximum atomic E-state index is 12.3. The van der Waals surface area contributed by atoms with E-state index < -0.39 is 6.10 Å². The highest BCUT2D eigenvalue weighted by Gasteiger charge is 2.17. The molecule has 3 heteroatoms. The summed E-state index contributed by atoms with van der Waals surface area (Å²) in [6.45, 7) is 1.77. The van der Waals surface area contributed by atoms with Crippen LogP contribution in [0.15, 0.2) is 66.9 Å². The number of rotatable bonds is 4. The Labute approximate surface area is 123 Å². The number of carbonyl (C=O) groups excluding carboxylic acids is 1. The van der Waals surface area contributed by atoms with E-state index in [0.717, 1.165) is 10.9 Å². The number of benzene rings is 2. The van der Waals surface area contributed by atoms with Crippen molar-refractivity contribution in [1.82, 2.24) is 4.98 Å². The Hall–Kier alpha value is -2.68. The summed E-state index contributed by atoms with van der Waals surface area (Å²) in [6.07, 6.45) is 1.20. The van der Waals surface area contributed by atoms with Crippen LogP contribution in [0.1, 0.15) is 17.3 Å². The van der Waals surface area contributed by atoms with E-state index in [1.54, 1.807) is 25.3 Å². The first-order valence-corrected chi connectivity index (χ1v) is 6.85. The molecule has 21 heavy (non-hydrogen) atoms. The van der Waals surface area contributed by atoms with Crippen molar-refractivity contribution in [3.05, 3.63) is 72.4 Å². The number of ketones is 1. The summed E-state index contributed by atoms with van der Waals surface area (Å²) in [7, 11) is 0. The Kier molecular flexibility index (Phi) is 3.65. The molecule has 0 saturated heterocycles. The zero-order valence-electron chi connectivity index (χ0n) is 11.7. The molecule has 3 rings (SSSR count). The molecule has 0 aliphatic rings. The Morgan fingerprint density at radius 3 is 2.62 bits per heavy atom. The largest absolute Gasteiger partial charge is 0.482 e. The predicted octanol–water partition coefficient (Wildman–Crippen LogP) is 3.89. The molecule has 2 aromatic carbocycles. The number of pyridine rings is 1. The number of ether oxygens (including phenoxy) is 1. The van der Waals surface area contributed by atoms with Gasteiger partial charge in [0, 0.05) is 17.1 Å². The SMILES string of the molecule is CC(Oc1cccc2ncccc12)C(=O)c1ccccc1. The van der Waals surface area contributed by atoms with Crippen molar-refractivity contribution >= 4 is 16.7 Å². The molecule has 0 aliphatic heterocycles. The highest BCUT2D eigenvalue weighted by Crippen LogP contribution is 2.25. The van der Waals surface area contributed by atoms with Crippen LogP contribution in [0.5, 0.6) is 5.75 Å². The molecule has 0 saturated carbocycles. The maximum absolute atomic E-state index is 12.3. The van der Waals surface area contributed by atoms with Gasteiger partial charge in [0.15, 0.2) is 6.10 Å². The van der Waals surface area contributed by atoms with Gasteiger partial charge in [-0.25, -0.2) is 0 Å². The highest BCUT2D eigenvalue weighted by molar-refractivity contribution is 5.99. The normalized spacial score (nSPS) is 12.0. The first kappa shape index (κ1) is 13.3. The summed E-state index contributed by atoms with van der Waals surface area (Å²) >= 11 is 0. The quantitative estimate of drug-likeness (QED) is 0.679. The van der Waals surface area contributed by atoms with Crippen molar-refractivity contribution in [3.63, 3.8) is 0 Å². The molecule has 0 radical (unpaired) electrons. The summed E-state index contributed by atoms with van der Waals surface area (Å²) < 4.78 is 5.85. The Morgan fingerprint density at radius 2 is 1.81 bits per heavy atom. The summed E-state index contributed by atoms with van der Waals surface area (Å²) in [5.41, 5.74) is 1.51. The third-order valence-electron chi connectivity index (χ3n) is 3.34. The fraction of sp³-hybridized carbons (Fsp3) is 0.111. The van der Waals surface area contributed by atoms with Crippen molar-refractivity contribution in [2.24, 2.45) is 0 Å². The second-order valence-electron chi connectivity index (χ2n) is 4.82. The molecule has 0 N–H and O–H groups in total. The molecule has 0 amide bonds. The van der Waals surface area contributed by atoms with Gasteiger partial charge in [-0.05, 0) is 31.2 Å². The van der Waals surface area contributed by atoms with Gasteiger partial charge in [-0.2, -0.15) is 0 Å². The van der Waals surface area contributed by atoms with E-state index in [2.05, 4.69) is 4.98 Å². The maximum Gasteiger partial charge on any atom is 0.202 e. The standard InChI is InChI=1S/C18H15NO2/c1-13(18(20)14-7-3-2-4-8-14)21-17-11-5-10-16-15(17)9-6-12-19-16/h2-13H,1H3. The minimum absolute atomic E-state index is 0.0310. The minimum Gasteiger partial charge on any atom is -0.482 e. The molecular formula is C18H15NO2. The van der Waals surface area contributed by atoms with Gasteiger partial charge < -0.3 is 4.74 Å². The molecule has 0 spiro atoms. The van der Waals surface area contributed by atoms with Crippen molar-refractivity contribution < 1.29 is 9.53 Å². The first-order valence-electron chi connectivity index (χ1n) is 6.85. The van der Waals surface area contributed by atoms with E-state index >= 15 is 0 Å². The molecule has 3 aromatic rings. The molecule has 104 valence electrons. The number of hydrogen-bond donors (Lipinski definition) is 0. The predicted molar refractivity (Wildman–Crippen MR) is 82.6 cm³/mol. The minimum atomic E-state index is -0.543. The smallest absolute Gasteiger partial charge is 0.202 e. The van der Waals surface area contributed by atoms with E-state index in [9.17, 15) is 4.79 Å². The zero-order valence-corrected chi connectivity index (χ0v) is 11.7. The number of Topliss-reactive ketones (excluding diaryl/α,β-unsaturated/α-hetero) is 1. The average Bonchev–Trinajstić information content (AvgIpc) is 2.55. The summed E-state index contributed by atoms with van der Waals surface area (Å²) in [4.78, 5) is 16.6. The molecule has 0 fully saturated rings. The van der Waals surface area contributed by atoms with Gasteiger partial charge in [-0.15, -0.1) is 0 Å². The molecule has 1 unspecified atom stereocenters. The molecule has 0 bridgehead atoms. The van der Waals surface area contributed by atoms with Crippen LogP contribution in [0, 0.1) is 0 Å². The number of fused-ring (bicyclic) bond motifs is 1. The van der Waals surface area contributed by atoms with Crippen molar-refractivity contribution in [2.75, 3.05) is 0 Å².